The molecule has 1 saturated carbocycles. The minimum absolute atomic E-state index is 0.0629. The van der Waals surface area contributed by atoms with Crippen molar-refractivity contribution in [2.24, 2.45) is 4.99 Å². The molecule has 0 saturated heterocycles. The van der Waals surface area contributed by atoms with Crippen LogP contribution in [0.15, 0.2) is 41.4 Å². The number of nitrogen functional groups attached to an aromatic ring is 1. The fraction of sp³-hybridized carbons (Fsp3) is 0.441. The third-order valence-electron chi connectivity index (χ3n) is 8.21. The van der Waals surface area contributed by atoms with Crippen molar-refractivity contribution in [1.82, 2.24) is 4.98 Å². The second kappa shape index (κ2) is 11.2. The maximum atomic E-state index is 6.43. The molecule has 1 aliphatic carbocycles. The predicted octanol–water partition coefficient (Wildman–Crippen LogP) is 7.11. The van der Waals surface area contributed by atoms with E-state index in [1.54, 1.807) is 0 Å². The van der Waals surface area contributed by atoms with Crippen LogP contribution in [0, 0.1) is 27.7 Å². The summed E-state index contributed by atoms with van der Waals surface area (Å²) in [5, 5.41) is 0. The SMILES string of the molecule is C=[N+](C)CC(C)c1cc(C2(Cc3cc(C)c(N)c(C=NCCC)c3)CC2)nc(-c2ccc(C)c(C)c2)c1C. The minimum atomic E-state index is 0.0629. The van der Waals surface area contributed by atoms with Crippen molar-refractivity contribution in [3.63, 3.8) is 0 Å². The molecular weight excluding hydrogens is 464 g/mol. The molecule has 1 unspecified atom stereocenters. The molecule has 0 aliphatic heterocycles. The summed E-state index contributed by atoms with van der Waals surface area (Å²) in [6.45, 7) is 19.0. The number of anilines is 1. The molecule has 1 fully saturated rings. The highest BCUT2D eigenvalue weighted by Crippen LogP contribution is 2.51. The van der Waals surface area contributed by atoms with Crippen molar-refractivity contribution < 1.29 is 4.58 Å². The van der Waals surface area contributed by atoms with Crippen molar-refractivity contribution in [3.05, 3.63) is 81.0 Å². The summed E-state index contributed by atoms with van der Waals surface area (Å²) in [5.41, 5.74) is 19.6. The van der Waals surface area contributed by atoms with Gasteiger partial charge in [-0.2, -0.15) is 0 Å². The van der Waals surface area contributed by atoms with Gasteiger partial charge in [0.05, 0.1) is 5.69 Å². The molecule has 1 aliphatic rings. The number of hydrogen-bond acceptors (Lipinski definition) is 3. The molecule has 1 atom stereocenters. The average Bonchev–Trinajstić information content (AvgIpc) is 3.64. The molecule has 0 amide bonds. The van der Waals surface area contributed by atoms with Gasteiger partial charge >= 0.3 is 0 Å². The molecule has 200 valence electrons. The summed E-state index contributed by atoms with van der Waals surface area (Å²) < 4.78 is 2.03. The topological polar surface area (TPSA) is 54.3 Å². The highest BCUT2D eigenvalue weighted by molar-refractivity contribution is 5.88. The van der Waals surface area contributed by atoms with Crippen molar-refractivity contribution in [2.45, 2.75) is 78.6 Å². The van der Waals surface area contributed by atoms with Crippen molar-refractivity contribution in [2.75, 3.05) is 25.9 Å². The molecule has 0 radical (unpaired) electrons. The Morgan fingerprint density at radius 2 is 1.82 bits per heavy atom. The van der Waals surface area contributed by atoms with Gasteiger partial charge in [0.25, 0.3) is 0 Å². The average molecular weight is 510 g/mol. The van der Waals surface area contributed by atoms with E-state index in [-0.39, 0.29) is 5.41 Å². The number of likely N-dealkylation sites (N-methyl/N-ethyl adjacent to an activating group) is 1. The standard InChI is InChI=1S/C34H45N4/c1-9-14-36-20-29-17-27(15-24(4)32(29)35)19-34(12-13-34)31-18-30(25(5)21-38(7)8)26(6)33(37-31)28-11-10-22(2)23(3)16-28/h10-11,15-18,20,25H,7,9,12-14,19,21,35H2,1-6,8H3/q+1. The van der Waals surface area contributed by atoms with Gasteiger partial charge in [0.1, 0.15) is 20.3 Å². The van der Waals surface area contributed by atoms with E-state index in [1.807, 2.05) is 17.8 Å². The lowest BCUT2D eigenvalue weighted by molar-refractivity contribution is -0.491. The molecule has 4 rings (SSSR count). The first-order valence-corrected chi connectivity index (χ1v) is 14.0. The zero-order valence-electron chi connectivity index (χ0n) is 24.5. The Kier molecular flexibility index (Phi) is 8.20. The van der Waals surface area contributed by atoms with Crippen LogP contribution in [0.1, 0.15) is 83.7 Å². The maximum absolute atomic E-state index is 6.43. The van der Waals surface area contributed by atoms with E-state index in [1.165, 1.54) is 39.1 Å². The van der Waals surface area contributed by atoms with Crippen LogP contribution in [-0.4, -0.2) is 42.6 Å². The first kappa shape index (κ1) is 27.8. The van der Waals surface area contributed by atoms with Gasteiger partial charge in [-0.05, 0) is 105 Å². The van der Waals surface area contributed by atoms with Gasteiger partial charge in [0.2, 0.25) is 0 Å². The fourth-order valence-corrected chi connectivity index (χ4v) is 5.62. The number of hydrogen-bond donors (Lipinski definition) is 1. The van der Waals surface area contributed by atoms with Gasteiger partial charge in [-0.15, -0.1) is 0 Å². The van der Waals surface area contributed by atoms with Crippen LogP contribution in [0.5, 0.6) is 0 Å². The van der Waals surface area contributed by atoms with Gasteiger partial charge in [0, 0.05) is 46.6 Å². The Hall–Kier alpha value is -3.27. The van der Waals surface area contributed by atoms with Gasteiger partial charge in [-0.3, -0.25) is 9.98 Å². The van der Waals surface area contributed by atoms with Crippen LogP contribution < -0.4 is 5.73 Å². The van der Waals surface area contributed by atoms with E-state index in [9.17, 15) is 0 Å². The van der Waals surface area contributed by atoms with E-state index >= 15 is 0 Å². The number of pyridine rings is 1. The molecule has 1 heterocycles. The lowest BCUT2D eigenvalue weighted by Crippen LogP contribution is -2.18. The number of benzene rings is 2. The van der Waals surface area contributed by atoms with Crippen LogP contribution in [0.25, 0.3) is 11.3 Å². The molecule has 0 spiro atoms. The van der Waals surface area contributed by atoms with Gasteiger partial charge < -0.3 is 5.73 Å². The molecule has 0 bridgehead atoms. The smallest absolute Gasteiger partial charge is 0.148 e. The molecule has 38 heavy (non-hydrogen) atoms. The Morgan fingerprint density at radius 3 is 2.45 bits per heavy atom. The number of aromatic nitrogens is 1. The fourth-order valence-electron chi connectivity index (χ4n) is 5.62. The van der Waals surface area contributed by atoms with Crippen LogP contribution in [0.2, 0.25) is 0 Å². The van der Waals surface area contributed by atoms with Crippen LogP contribution in [-0.2, 0) is 11.8 Å². The molecule has 3 aromatic rings. The second-order valence-electron chi connectivity index (χ2n) is 11.7. The Morgan fingerprint density at radius 1 is 1.08 bits per heavy atom. The number of nitrogens with zero attached hydrogens (tertiary/aromatic N) is 3. The summed E-state index contributed by atoms with van der Waals surface area (Å²) in [5.74, 6) is 0.362. The predicted molar refractivity (Wildman–Crippen MR) is 163 cm³/mol. The zero-order chi connectivity index (χ0) is 27.6. The summed E-state index contributed by atoms with van der Waals surface area (Å²) in [6.07, 6.45) is 6.26. The normalized spacial score (nSPS) is 15.1. The molecule has 4 heteroatoms. The van der Waals surface area contributed by atoms with Crippen molar-refractivity contribution in [1.29, 1.82) is 0 Å². The summed E-state index contributed by atoms with van der Waals surface area (Å²) in [6, 6.07) is 13.6. The monoisotopic (exact) mass is 509 g/mol. The molecular formula is C34H45N4+. The Bertz CT molecular complexity index is 1380. The van der Waals surface area contributed by atoms with Crippen molar-refractivity contribution >= 4 is 18.6 Å². The quantitative estimate of drug-likeness (QED) is 0.180. The first-order chi connectivity index (χ1) is 18.0. The number of aliphatic imine (C=N–C) groups is 1. The molecule has 2 N–H and O–H groups in total. The van der Waals surface area contributed by atoms with E-state index in [4.69, 9.17) is 10.7 Å². The zero-order valence-corrected chi connectivity index (χ0v) is 24.5. The van der Waals surface area contributed by atoms with Crippen molar-refractivity contribution in [3.8, 4) is 11.3 Å². The minimum Gasteiger partial charge on any atom is -0.398 e. The maximum Gasteiger partial charge on any atom is 0.148 e. The highest BCUT2D eigenvalue weighted by atomic mass is 14.9. The largest absolute Gasteiger partial charge is 0.398 e. The van der Waals surface area contributed by atoms with Crippen LogP contribution in [0.4, 0.5) is 5.69 Å². The molecule has 4 nitrogen and oxygen atoms in total. The summed E-state index contributed by atoms with van der Waals surface area (Å²) >= 11 is 0. The second-order valence-corrected chi connectivity index (χ2v) is 11.7. The number of aryl methyl sites for hydroxylation is 3. The lowest BCUT2D eigenvalue weighted by Gasteiger charge is -2.23. The molecule has 2 aromatic carbocycles. The van der Waals surface area contributed by atoms with Crippen LogP contribution in [0.3, 0.4) is 0 Å². The van der Waals surface area contributed by atoms with E-state index in [2.05, 4.69) is 89.7 Å². The number of rotatable bonds is 10. The van der Waals surface area contributed by atoms with Gasteiger partial charge in [-0.25, -0.2) is 4.58 Å². The highest BCUT2D eigenvalue weighted by Gasteiger charge is 2.46. The van der Waals surface area contributed by atoms with E-state index in [0.29, 0.717) is 5.92 Å². The third-order valence-corrected chi connectivity index (χ3v) is 8.21. The van der Waals surface area contributed by atoms with Crippen LogP contribution >= 0.6 is 0 Å². The Balaban J connectivity index is 1.79. The first-order valence-electron chi connectivity index (χ1n) is 14.0. The lowest BCUT2D eigenvalue weighted by atomic mass is 9.86. The van der Waals surface area contributed by atoms with Gasteiger partial charge in [-0.1, -0.05) is 32.0 Å². The van der Waals surface area contributed by atoms with E-state index < -0.39 is 0 Å². The third kappa shape index (κ3) is 5.90. The van der Waals surface area contributed by atoms with E-state index in [0.717, 1.165) is 61.3 Å². The summed E-state index contributed by atoms with van der Waals surface area (Å²) in [7, 11) is 2.05. The number of nitrogens with two attached hydrogens (primary N) is 1. The summed E-state index contributed by atoms with van der Waals surface area (Å²) in [4.78, 5) is 9.98. The van der Waals surface area contributed by atoms with Gasteiger partial charge in [0.15, 0.2) is 0 Å². The Labute approximate surface area is 229 Å². The molecule has 1 aromatic heterocycles.